The Labute approximate surface area is 62.0 Å². The lowest BCUT2D eigenvalue weighted by Crippen LogP contribution is -2.17. The number of hydrogen-bond acceptors (Lipinski definition) is 2. The summed E-state index contributed by atoms with van der Waals surface area (Å²) in [4.78, 5) is 16.7. The van der Waals surface area contributed by atoms with E-state index < -0.39 is 5.91 Å². The first-order chi connectivity index (χ1) is 4.70. The Hall–Kier alpha value is -1.16. The summed E-state index contributed by atoms with van der Waals surface area (Å²) in [6, 6.07) is 0. The average Bonchev–Trinajstić information content (AvgIpc) is 1.88. The molecule has 0 saturated carbocycles. The molecule has 0 fully saturated rings. The summed E-state index contributed by atoms with van der Waals surface area (Å²) in [6.45, 7) is 0. The molecule has 0 atom stereocenters. The van der Waals surface area contributed by atoms with Gasteiger partial charge in [-0.05, 0) is 0 Å². The molecule has 1 heterocycles. The fourth-order valence-electron chi connectivity index (χ4n) is 0.495. The Morgan fingerprint density at radius 1 is 1.70 bits per heavy atom. The molecule has 1 aromatic rings. The first kappa shape index (κ1) is 6.95. The Morgan fingerprint density at radius 3 is 2.80 bits per heavy atom. The van der Waals surface area contributed by atoms with Gasteiger partial charge >= 0.3 is 0 Å². The zero-order valence-corrected chi connectivity index (χ0v) is 5.72. The second-order valence-electron chi connectivity index (χ2n) is 1.64. The molecule has 3 N–H and O–H groups in total. The van der Waals surface area contributed by atoms with E-state index in [1.54, 1.807) is 0 Å². The Kier molecular flexibility index (Phi) is 1.82. The fraction of sp³-hybridized carbons (Fsp3) is 0. The van der Waals surface area contributed by atoms with Crippen LogP contribution in [0.1, 0.15) is 10.5 Å². The van der Waals surface area contributed by atoms with Crippen LogP contribution >= 0.6 is 11.6 Å². The Bertz CT molecular complexity index is 263. The van der Waals surface area contributed by atoms with Gasteiger partial charge in [-0.3, -0.25) is 4.79 Å². The summed E-state index contributed by atoms with van der Waals surface area (Å²) in [6.07, 6.45) is 2.84. The normalized spacial score (nSPS) is 9.30. The van der Waals surface area contributed by atoms with Crippen LogP contribution in [0.25, 0.3) is 0 Å². The maximum Gasteiger partial charge on any atom is 0.273 e. The minimum Gasteiger partial charge on any atom is -0.364 e. The van der Waals surface area contributed by atoms with Crippen molar-refractivity contribution in [1.82, 2.24) is 4.98 Å². The van der Waals surface area contributed by atoms with Crippen LogP contribution in [-0.4, -0.2) is 10.9 Å². The number of H-pyrrole nitrogens is 1. The quantitative estimate of drug-likeness (QED) is 0.607. The molecular formula is C5H5ClN3O+. The molecule has 0 bridgehead atoms. The molecule has 0 aromatic carbocycles. The van der Waals surface area contributed by atoms with Crippen molar-refractivity contribution in [3.63, 3.8) is 0 Å². The van der Waals surface area contributed by atoms with Gasteiger partial charge in [-0.1, -0.05) is 11.6 Å². The highest BCUT2D eigenvalue weighted by molar-refractivity contribution is 6.29. The van der Waals surface area contributed by atoms with Gasteiger partial charge in [0.15, 0.2) is 17.0 Å². The van der Waals surface area contributed by atoms with Crippen LogP contribution < -0.4 is 10.7 Å². The molecule has 4 nitrogen and oxygen atoms in total. The highest BCUT2D eigenvalue weighted by atomic mass is 35.5. The maximum absolute atomic E-state index is 10.4. The Morgan fingerprint density at radius 2 is 2.40 bits per heavy atom. The number of rotatable bonds is 1. The van der Waals surface area contributed by atoms with Crippen molar-refractivity contribution < 1.29 is 9.78 Å². The molecule has 5 heteroatoms. The molecule has 1 rings (SSSR count). The first-order valence-electron chi connectivity index (χ1n) is 2.53. The number of carbonyl (C=O) groups is 1. The summed E-state index contributed by atoms with van der Waals surface area (Å²) < 4.78 is 0. The molecule has 0 aliphatic carbocycles. The van der Waals surface area contributed by atoms with Crippen LogP contribution in [0.5, 0.6) is 0 Å². The number of nitrogens with two attached hydrogens (primary N) is 1. The smallest absolute Gasteiger partial charge is 0.273 e. The monoisotopic (exact) mass is 158 g/mol. The lowest BCUT2D eigenvalue weighted by atomic mass is 10.4. The summed E-state index contributed by atoms with van der Waals surface area (Å²) in [5, 5.41) is 0.219. The number of primary amides is 1. The molecular weight excluding hydrogens is 154 g/mol. The standard InChI is InChI=1S/C5H4ClN3O/c6-4-2-8-1-3(9-4)5(7)10/h1-2H,(H2,7,10)/p+1. The molecule has 10 heavy (non-hydrogen) atoms. The van der Waals surface area contributed by atoms with E-state index >= 15 is 0 Å². The van der Waals surface area contributed by atoms with E-state index in [-0.39, 0.29) is 10.8 Å². The van der Waals surface area contributed by atoms with Crippen LogP contribution in [-0.2, 0) is 0 Å². The van der Waals surface area contributed by atoms with E-state index in [0.29, 0.717) is 0 Å². The molecule has 0 aliphatic heterocycles. The zero-order valence-electron chi connectivity index (χ0n) is 4.97. The summed E-state index contributed by atoms with van der Waals surface area (Å²) >= 11 is 5.44. The number of amides is 1. The fourth-order valence-corrected chi connectivity index (χ4v) is 0.649. The van der Waals surface area contributed by atoms with Gasteiger partial charge < -0.3 is 5.73 Å². The van der Waals surface area contributed by atoms with Crippen molar-refractivity contribution >= 4 is 17.5 Å². The van der Waals surface area contributed by atoms with Crippen LogP contribution in [0.15, 0.2) is 12.4 Å². The summed E-state index contributed by atoms with van der Waals surface area (Å²) in [5.74, 6) is -0.598. The van der Waals surface area contributed by atoms with Crippen LogP contribution in [0, 0.1) is 0 Å². The van der Waals surface area contributed by atoms with Crippen molar-refractivity contribution in [1.29, 1.82) is 0 Å². The van der Waals surface area contributed by atoms with Gasteiger partial charge in [0.1, 0.15) is 0 Å². The third-order valence-corrected chi connectivity index (χ3v) is 1.10. The lowest BCUT2D eigenvalue weighted by Gasteiger charge is -1.87. The van der Waals surface area contributed by atoms with Crippen molar-refractivity contribution in [2.24, 2.45) is 5.73 Å². The van der Waals surface area contributed by atoms with E-state index in [4.69, 9.17) is 17.3 Å². The van der Waals surface area contributed by atoms with Crippen molar-refractivity contribution in [3.8, 4) is 0 Å². The van der Waals surface area contributed by atoms with E-state index in [2.05, 4.69) is 9.97 Å². The highest BCUT2D eigenvalue weighted by Gasteiger charge is 2.05. The molecule has 0 aliphatic rings. The maximum atomic E-state index is 10.4. The minimum absolute atomic E-state index is 0.132. The van der Waals surface area contributed by atoms with Gasteiger partial charge in [-0.2, -0.15) is 0 Å². The first-order valence-corrected chi connectivity index (χ1v) is 2.91. The van der Waals surface area contributed by atoms with Gasteiger partial charge in [0.2, 0.25) is 6.20 Å². The van der Waals surface area contributed by atoms with Gasteiger partial charge in [0, 0.05) is 0 Å². The molecule has 0 spiro atoms. The third kappa shape index (κ3) is 1.41. The molecule has 1 aromatic heterocycles. The van der Waals surface area contributed by atoms with Crippen molar-refractivity contribution in [3.05, 3.63) is 23.2 Å². The van der Waals surface area contributed by atoms with Crippen LogP contribution in [0.2, 0.25) is 5.15 Å². The molecule has 52 valence electrons. The molecule has 1 amide bonds. The number of aromatic nitrogens is 2. The van der Waals surface area contributed by atoms with E-state index in [0.717, 1.165) is 0 Å². The second-order valence-corrected chi connectivity index (χ2v) is 2.03. The lowest BCUT2D eigenvalue weighted by molar-refractivity contribution is -0.379. The number of halogens is 1. The van der Waals surface area contributed by atoms with E-state index in [1.807, 2.05) is 0 Å². The average molecular weight is 159 g/mol. The Balaban J connectivity index is 3.07. The largest absolute Gasteiger partial charge is 0.364 e. The van der Waals surface area contributed by atoms with Gasteiger partial charge in [-0.25, -0.2) is 9.97 Å². The predicted octanol–water partition coefficient (Wildman–Crippen LogP) is -0.352. The zero-order chi connectivity index (χ0) is 7.56. The predicted molar refractivity (Wildman–Crippen MR) is 34.3 cm³/mol. The minimum atomic E-state index is -0.598. The molecule has 0 saturated heterocycles. The van der Waals surface area contributed by atoms with Crippen LogP contribution in [0.3, 0.4) is 0 Å². The number of nitrogens with one attached hydrogen (secondary N) is 1. The van der Waals surface area contributed by atoms with E-state index in [1.165, 1.54) is 12.4 Å². The second kappa shape index (κ2) is 2.62. The summed E-state index contributed by atoms with van der Waals surface area (Å²) in [7, 11) is 0. The number of aromatic amines is 1. The van der Waals surface area contributed by atoms with Gasteiger partial charge in [0.25, 0.3) is 5.91 Å². The topological polar surface area (TPSA) is 70.1 Å². The molecule has 0 unspecified atom stereocenters. The number of carbonyl (C=O) groups excluding carboxylic acids is 1. The van der Waals surface area contributed by atoms with E-state index in [9.17, 15) is 4.79 Å². The third-order valence-electron chi connectivity index (χ3n) is 0.902. The van der Waals surface area contributed by atoms with Crippen molar-refractivity contribution in [2.75, 3.05) is 0 Å². The van der Waals surface area contributed by atoms with Crippen molar-refractivity contribution in [2.45, 2.75) is 0 Å². The van der Waals surface area contributed by atoms with Gasteiger partial charge in [0.05, 0.1) is 0 Å². The highest BCUT2D eigenvalue weighted by Crippen LogP contribution is 1.98. The van der Waals surface area contributed by atoms with Crippen LogP contribution in [0.4, 0.5) is 0 Å². The molecule has 0 radical (unpaired) electrons. The number of nitrogens with zero attached hydrogens (tertiary/aromatic N) is 1. The SMILES string of the molecule is NC(=O)c1c[nH+]cc(Cl)n1. The summed E-state index contributed by atoms with van der Waals surface area (Å²) in [5.41, 5.74) is 5.03. The van der Waals surface area contributed by atoms with Gasteiger partial charge in [-0.15, -0.1) is 0 Å². The number of hydrogen-bond donors (Lipinski definition) is 1.